The molecule has 2 aromatic carbocycles. The van der Waals surface area contributed by atoms with Crippen LogP contribution in [-0.4, -0.2) is 24.0 Å². The van der Waals surface area contributed by atoms with E-state index in [9.17, 15) is 0 Å². The Morgan fingerprint density at radius 2 is 1.47 bits per heavy atom. The molecule has 4 atom stereocenters. The molecule has 0 spiro atoms. The smallest absolute Gasteiger partial charge is 0.0455 e. The second-order valence-electron chi connectivity index (χ2n) is 9.60. The molecule has 2 saturated carbocycles. The number of halogens is 3. The largest absolute Gasteiger partial charge is 0.300 e. The van der Waals surface area contributed by atoms with Crippen LogP contribution in [0.25, 0.3) is 0 Å². The average Bonchev–Trinajstić information content (AvgIpc) is 3.19. The SMILES string of the molecule is Clc1ccc(C2C(c3ccc(Cl)cc3Cl)CCC3CN(C4CCCCC4)CC32)cc1. The number of hydrogen-bond acceptors (Lipinski definition) is 1. The Balaban J connectivity index is 1.49. The minimum absolute atomic E-state index is 0.434. The van der Waals surface area contributed by atoms with Gasteiger partial charge >= 0.3 is 0 Å². The first kappa shape index (κ1) is 21.1. The van der Waals surface area contributed by atoms with Gasteiger partial charge in [0, 0.05) is 34.2 Å². The molecule has 160 valence electrons. The molecule has 5 rings (SSSR count). The summed E-state index contributed by atoms with van der Waals surface area (Å²) in [5.41, 5.74) is 2.67. The number of benzene rings is 2. The first-order valence-corrected chi connectivity index (χ1v) is 12.7. The highest BCUT2D eigenvalue weighted by atomic mass is 35.5. The Labute approximate surface area is 195 Å². The van der Waals surface area contributed by atoms with Crippen LogP contribution in [0.4, 0.5) is 0 Å². The van der Waals surface area contributed by atoms with Gasteiger partial charge < -0.3 is 0 Å². The summed E-state index contributed by atoms with van der Waals surface area (Å²) in [7, 11) is 0. The molecular formula is C26H30Cl3N. The molecular weight excluding hydrogens is 433 g/mol. The van der Waals surface area contributed by atoms with Gasteiger partial charge in [0.15, 0.2) is 0 Å². The molecule has 1 nitrogen and oxygen atoms in total. The highest BCUT2D eigenvalue weighted by Gasteiger charge is 2.47. The highest BCUT2D eigenvalue weighted by molar-refractivity contribution is 6.35. The van der Waals surface area contributed by atoms with Gasteiger partial charge in [0.2, 0.25) is 0 Å². The lowest BCUT2D eigenvalue weighted by Gasteiger charge is -2.41. The van der Waals surface area contributed by atoms with Crippen molar-refractivity contribution in [3.05, 3.63) is 68.7 Å². The zero-order valence-electron chi connectivity index (χ0n) is 17.4. The molecule has 1 saturated heterocycles. The molecule has 0 aromatic heterocycles. The molecule has 0 N–H and O–H groups in total. The summed E-state index contributed by atoms with van der Waals surface area (Å²) in [5, 5.41) is 2.33. The molecule has 0 bridgehead atoms. The second-order valence-corrected chi connectivity index (χ2v) is 10.9. The number of rotatable bonds is 3. The Morgan fingerprint density at radius 1 is 0.733 bits per heavy atom. The van der Waals surface area contributed by atoms with E-state index in [-0.39, 0.29) is 0 Å². The summed E-state index contributed by atoms with van der Waals surface area (Å²) in [6.07, 6.45) is 9.48. The highest BCUT2D eigenvalue weighted by Crippen LogP contribution is 2.54. The van der Waals surface area contributed by atoms with Gasteiger partial charge in [0.05, 0.1) is 0 Å². The maximum Gasteiger partial charge on any atom is 0.0455 e. The fourth-order valence-corrected chi connectivity index (χ4v) is 7.25. The van der Waals surface area contributed by atoms with E-state index < -0.39 is 0 Å². The van der Waals surface area contributed by atoms with Crippen LogP contribution >= 0.6 is 34.8 Å². The van der Waals surface area contributed by atoms with Gasteiger partial charge in [0.25, 0.3) is 0 Å². The lowest BCUT2D eigenvalue weighted by molar-refractivity contribution is 0.180. The van der Waals surface area contributed by atoms with E-state index >= 15 is 0 Å². The number of nitrogens with zero attached hydrogens (tertiary/aromatic N) is 1. The predicted molar refractivity (Wildman–Crippen MR) is 128 cm³/mol. The van der Waals surface area contributed by atoms with Crippen LogP contribution in [0.3, 0.4) is 0 Å². The zero-order valence-corrected chi connectivity index (χ0v) is 19.6. The number of likely N-dealkylation sites (tertiary alicyclic amines) is 1. The maximum atomic E-state index is 6.72. The van der Waals surface area contributed by atoms with E-state index in [1.807, 2.05) is 12.1 Å². The third-order valence-corrected chi connectivity index (χ3v) is 8.79. The summed E-state index contributed by atoms with van der Waals surface area (Å²) < 4.78 is 0. The lowest BCUT2D eigenvalue weighted by atomic mass is 9.63. The van der Waals surface area contributed by atoms with Crippen molar-refractivity contribution in [3.8, 4) is 0 Å². The summed E-state index contributed by atoms with van der Waals surface area (Å²) in [6.45, 7) is 2.50. The maximum absolute atomic E-state index is 6.72. The van der Waals surface area contributed by atoms with Crippen molar-refractivity contribution in [3.63, 3.8) is 0 Å². The fraction of sp³-hybridized carbons (Fsp3) is 0.538. The molecule has 2 aromatic rings. The first-order chi connectivity index (χ1) is 14.6. The van der Waals surface area contributed by atoms with E-state index in [2.05, 4.69) is 35.2 Å². The zero-order chi connectivity index (χ0) is 20.7. The van der Waals surface area contributed by atoms with Gasteiger partial charge in [-0.3, -0.25) is 4.90 Å². The minimum Gasteiger partial charge on any atom is -0.300 e. The summed E-state index contributed by atoms with van der Waals surface area (Å²) in [4.78, 5) is 2.84. The van der Waals surface area contributed by atoms with Crippen LogP contribution in [0.2, 0.25) is 15.1 Å². The minimum atomic E-state index is 0.434. The summed E-state index contributed by atoms with van der Waals surface area (Å²) in [6, 6.07) is 15.5. The van der Waals surface area contributed by atoms with Crippen LogP contribution < -0.4 is 0 Å². The Bertz CT molecular complexity index is 874. The van der Waals surface area contributed by atoms with Crippen LogP contribution in [0.5, 0.6) is 0 Å². The molecule has 4 unspecified atom stereocenters. The Morgan fingerprint density at radius 3 is 2.20 bits per heavy atom. The molecule has 4 heteroatoms. The van der Waals surface area contributed by atoms with Crippen molar-refractivity contribution in [2.75, 3.05) is 13.1 Å². The van der Waals surface area contributed by atoms with Gasteiger partial charge in [-0.2, -0.15) is 0 Å². The van der Waals surface area contributed by atoms with Gasteiger partial charge in [0.1, 0.15) is 0 Å². The fourth-order valence-electron chi connectivity index (χ4n) is 6.57. The molecule has 3 aliphatic rings. The molecule has 0 radical (unpaired) electrons. The Kier molecular flexibility index (Phi) is 6.36. The van der Waals surface area contributed by atoms with Gasteiger partial charge in [-0.15, -0.1) is 0 Å². The van der Waals surface area contributed by atoms with E-state index in [4.69, 9.17) is 34.8 Å². The van der Waals surface area contributed by atoms with Gasteiger partial charge in [-0.25, -0.2) is 0 Å². The molecule has 3 fully saturated rings. The summed E-state index contributed by atoms with van der Waals surface area (Å²) >= 11 is 19.2. The number of hydrogen-bond donors (Lipinski definition) is 0. The standard InChI is InChI=1S/C26H30Cl3N/c27-19-9-6-17(7-10-19)26-23(22-13-11-20(28)14-25(22)29)12-8-18-15-30(16-24(18)26)21-4-2-1-3-5-21/h6-7,9-11,13-14,18,21,23-24,26H,1-5,8,12,15-16H2. The normalized spacial score (nSPS) is 30.4. The third-order valence-electron chi connectivity index (χ3n) is 7.97. The molecule has 1 aliphatic heterocycles. The lowest BCUT2D eigenvalue weighted by Crippen LogP contribution is -2.35. The molecule has 30 heavy (non-hydrogen) atoms. The quantitative estimate of drug-likeness (QED) is 0.444. The monoisotopic (exact) mass is 461 g/mol. The molecule has 0 amide bonds. The first-order valence-electron chi connectivity index (χ1n) is 11.5. The van der Waals surface area contributed by atoms with Crippen LogP contribution in [0, 0.1) is 11.8 Å². The molecule has 1 heterocycles. The van der Waals surface area contributed by atoms with Crippen molar-refractivity contribution in [1.29, 1.82) is 0 Å². The van der Waals surface area contributed by atoms with Crippen molar-refractivity contribution in [1.82, 2.24) is 4.90 Å². The topological polar surface area (TPSA) is 3.24 Å². The summed E-state index contributed by atoms with van der Waals surface area (Å²) in [5.74, 6) is 2.38. The van der Waals surface area contributed by atoms with Crippen molar-refractivity contribution in [2.45, 2.75) is 62.8 Å². The van der Waals surface area contributed by atoms with Crippen molar-refractivity contribution >= 4 is 34.8 Å². The van der Waals surface area contributed by atoms with E-state index in [0.717, 1.165) is 22.0 Å². The van der Waals surface area contributed by atoms with Crippen molar-refractivity contribution < 1.29 is 0 Å². The average molecular weight is 463 g/mol. The van der Waals surface area contributed by atoms with Crippen molar-refractivity contribution in [2.24, 2.45) is 11.8 Å². The second kappa shape index (κ2) is 9.02. The van der Waals surface area contributed by atoms with Gasteiger partial charge in [-0.1, -0.05) is 72.3 Å². The van der Waals surface area contributed by atoms with Crippen LogP contribution in [0.1, 0.15) is 67.9 Å². The molecule has 2 aliphatic carbocycles. The number of fused-ring (bicyclic) bond motifs is 1. The third kappa shape index (κ3) is 4.16. The van der Waals surface area contributed by atoms with Crippen LogP contribution in [0.15, 0.2) is 42.5 Å². The Hall–Kier alpha value is -0.730. The van der Waals surface area contributed by atoms with E-state index in [1.165, 1.54) is 69.2 Å². The van der Waals surface area contributed by atoms with E-state index in [1.54, 1.807) is 0 Å². The van der Waals surface area contributed by atoms with Gasteiger partial charge in [-0.05, 0) is 84.7 Å². The van der Waals surface area contributed by atoms with E-state index in [0.29, 0.717) is 22.8 Å². The predicted octanol–water partition coefficient (Wildman–Crippen LogP) is 8.19. The van der Waals surface area contributed by atoms with Crippen LogP contribution in [-0.2, 0) is 0 Å².